The minimum atomic E-state index is -0.860. The minimum Gasteiger partial charge on any atom is -0.324 e. The molecular formula is C32H25Cl2N7O2. The Balaban J connectivity index is 1.31. The van der Waals surface area contributed by atoms with E-state index in [9.17, 15) is 9.59 Å². The molecular weight excluding hydrogens is 585 g/mol. The monoisotopic (exact) mass is 609 g/mol. The average molecular weight is 611 g/mol. The number of pyridine rings is 1. The Morgan fingerprint density at radius 3 is 2.35 bits per heavy atom. The zero-order valence-electron chi connectivity index (χ0n) is 22.6. The van der Waals surface area contributed by atoms with Gasteiger partial charge in [0.1, 0.15) is 11.2 Å². The SMILES string of the molecule is O=C(Nc1ccc(-c2ccncc2)cc1)[C@H](Cc1ccccc1)n1cnc(-c2cc(Cl)ccc2N2C=C(Cl)NN2)cc1=O. The summed E-state index contributed by atoms with van der Waals surface area (Å²) in [4.78, 5) is 36.0. The first kappa shape index (κ1) is 28.2. The molecule has 0 bridgehead atoms. The standard InChI is InChI=1S/C32H25Cl2N7O2/c33-24-8-11-28(41-19-30(34)38-39-41)26(17-24)27-18-31(42)40(20-36-27)29(16-21-4-2-1-3-5-21)32(43)37-25-9-6-22(7-10-25)23-12-14-35-15-13-23/h1-15,17-20,29,38-39H,16H2,(H,37,43)/t29-/m0/s1. The number of hydrazine groups is 2. The molecule has 3 heterocycles. The van der Waals surface area contributed by atoms with Crippen LogP contribution in [0.5, 0.6) is 0 Å². The summed E-state index contributed by atoms with van der Waals surface area (Å²) in [7, 11) is 0. The van der Waals surface area contributed by atoms with Crippen LogP contribution in [0.1, 0.15) is 11.6 Å². The van der Waals surface area contributed by atoms with Gasteiger partial charge in [0.2, 0.25) is 5.91 Å². The number of nitrogens with zero attached hydrogens (tertiary/aromatic N) is 4. The maximum Gasteiger partial charge on any atom is 0.254 e. The van der Waals surface area contributed by atoms with Crippen LogP contribution >= 0.6 is 23.2 Å². The van der Waals surface area contributed by atoms with Gasteiger partial charge in [0.25, 0.3) is 5.56 Å². The van der Waals surface area contributed by atoms with Crippen molar-refractivity contribution in [1.29, 1.82) is 0 Å². The number of hydrogen-bond acceptors (Lipinski definition) is 7. The van der Waals surface area contributed by atoms with Gasteiger partial charge in [-0.3, -0.25) is 29.6 Å². The third-order valence-electron chi connectivity index (χ3n) is 6.94. The lowest BCUT2D eigenvalue weighted by molar-refractivity contribution is -0.119. The Labute approximate surface area is 257 Å². The van der Waals surface area contributed by atoms with Crippen molar-refractivity contribution in [2.24, 2.45) is 0 Å². The first-order valence-electron chi connectivity index (χ1n) is 13.4. The van der Waals surface area contributed by atoms with Gasteiger partial charge in [-0.2, -0.15) is 0 Å². The van der Waals surface area contributed by atoms with Crippen LogP contribution in [0.25, 0.3) is 22.4 Å². The second kappa shape index (κ2) is 12.5. The van der Waals surface area contributed by atoms with Gasteiger partial charge in [-0.05, 0) is 59.2 Å². The molecule has 0 fully saturated rings. The number of carbonyl (C=O) groups excluding carboxylic acids is 1. The van der Waals surface area contributed by atoms with Crippen LogP contribution in [0.2, 0.25) is 5.02 Å². The first-order chi connectivity index (χ1) is 20.9. The molecule has 2 aromatic heterocycles. The molecule has 214 valence electrons. The Morgan fingerprint density at radius 1 is 0.907 bits per heavy atom. The highest BCUT2D eigenvalue weighted by atomic mass is 35.5. The molecule has 0 saturated heterocycles. The third kappa shape index (κ3) is 6.44. The predicted octanol–water partition coefficient (Wildman–Crippen LogP) is 5.92. The second-order valence-electron chi connectivity index (χ2n) is 9.77. The predicted molar refractivity (Wildman–Crippen MR) is 169 cm³/mol. The van der Waals surface area contributed by atoms with Gasteiger partial charge in [-0.1, -0.05) is 65.7 Å². The summed E-state index contributed by atoms with van der Waals surface area (Å²) < 4.78 is 1.35. The van der Waals surface area contributed by atoms with E-state index >= 15 is 0 Å². The number of hydrogen-bond donors (Lipinski definition) is 3. The van der Waals surface area contributed by atoms with E-state index in [0.717, 1.165) is 16.7 Å². The van der Waals surface area contributed by atoms with Gasteiger partial charge in [0.05, 0.1) is 23.9 Å². The van der Waals surface area contributed by atoms with Crippen molar-refractivity contribution in [2.45, 2.75) is 12.5 Å². The average Bonchev–Trinajstić information content (AvgIpc) is 3.47. The topological polar surface area (TPSA) is 104 Å². The van der Waals surface area contributed by atoms with Crippen LogP contribution < -0.4 is 26.8 Å². The summed E-state index contributed by atoms with van der Waals surface area (Å²) >= 11 is 12.4. The summed E-state index contributed by atoms with van der Waals surface area (Å²) in [5.41, 5.74) is 10.5. The highest BCUT2D eigenvalue weighted by Gasteiger charge is 2.24. The number of nitrogens with one attached hydrogen (secondary N) is 3. The molecule has 43 heavy (non-hydrogen) atoms. The number of anilines is 2. The molecule has 0 aliphatic carbocycles. The summed E-state index contributed by atoms with van der Waals surface area (Å²) in [6.07, 6.45) is 6.81. The summed E-state index contributed by atoms with van der Waals surface area (Å²) in [5.74, 6) is -0.340. The van der Waals surface area contributed by atoms with E-state index in [1.54, 1.807) is 41.8 Å². The molecule has 5 aromatic rings. The van der Waals surface area contributed by atoms with Gasteiger partial charge in [-0.25, -0.2) is 4.98 Å². The highest BCUT2D eigenvalue weighted by Crippen LogP contribution is 2.32. The van der Waals surface area contributed by atoms with Crippen molar-refractivity contribution in [3.8, 4) is 22.4 Å². The third-order valence-corrected chi connectivity index (χ3v) is 7.37. The summed E-state index contributed by atoms with van der Waals surface area (Å²) in [6.45, 7) is 0. The number of amides is 1. The Bertz CT molecular complexity index is 1850. The quantitative estimate of drug-likeness (QED) is 0.188. The smallest absolute Gasteiger partial charge is 0.254 e. The molecule has 11 heteroatoms. The van der Waals surface area contributed by atoms with Crippen molar-refractivity contribution in [1.82, 2.24) is 25.5 Å². The van der Waals surface area contributed by atoms with Crippen LogP contribution in [0.3, 0.4) is 0 Å². The Morgan fingerprint density at radius 2 is 1.65 bits per heavy atom. The fourth-order valence-electron chi connectivity index (χ4n) is 4.81. The Kier molecular flexibility index (Phi) is 8.19. The van der Waals surface area contributed by atoms with Gasteiger partial charge in [0, 0.05) is 41.2 Å². The fourth-order valence-corrected chi connectivity index (χ4v) is 5.12. The lowest BCUT2D eigenvalue weighted by Gasteiger charge is -2.21. The van der Waals surface area contributed by atoms with Gasteiger partial charge < -0.3 is 5.32 Å². The lowest BCUT2D eigenvalue weighted by atomic mass is 10.0. The van der Waals surface area contributed by atoms with Gasteiger partial charge in [-0.15, -0.1) is 5.53 Å². The van der Waals surface area contributed by atoms with Crippen LogP contribution in [-0.4, -0.2) is 20.4 Å². The molecule has 1 aliphatic heterocycles. The molecule has 0 unspecified atom stereocenters. The molecule has 1 aliphatic rings. The second-order valence-corrected chi connectivity index (χ2v) is 10.6. The van der Waals surface area contributed by atoms with Gasteiger partial charge >= 0.3 is 0 Å². The van der Waals surface area contributed by atoms with Crippen LogP contribution in [0, 0.1) is 0 Å². The molecule has 0 spiro atoms. The van der Waals surface area contributed by atoms with E-state index in [4.69, 9.17) is 23.2 Å². The van der Waals surface area contributed by atoms with E-state index in [1.165, 1.54) is 17.0 Å². The zero-order valence-corrected chi connectivity index (χ0v) is 24.1. The largest absolute Gasteiger partial charge is 0.324 e. The van der Waals surface area contributed by atoms with E-state index in [-0.39, 0.29) is 17.9 Å². The molecule has 9 nitrogen and oxygen atoms in total. The molecule has 3 N–H and O–H groups in total. The molecule has 6 rings (SSSR count). The van der Waals surface area contributed by atoms with Crippen molar-refractivity contribution >= 4 is 40.5 Å². The summed E-state index contributed by atoms with van der Waals surface area (Å²) in [5, 5.41) is 5.50. The minimum absolute atomic E-state index is 0.289. The summed E-state index contributed by atoms with van der Waals surface area (Å²) in [6, 6.07) is 26.7. The number of rotatable bonds is 8. The maximum atomic E-state index is 13.7. The van der Waals surface area contributed by atoms with E-state index in [2.05, 4.69) is 26.2 Å². The first-order valence-corrected chi connectivity index (χ1v) is 14.1. The number of aromatic nitrogens is 3. The van der Waals surface area contributed by atoms with Crippen molar-refractivity contribution < 1.29 is 4.79 Å². The Hall–Kier alpha value is -4.96. The van der Waals surface area contributed by atoms with Gasteiger partial charge in [0.15, 0.2) is 0 Å². The molecule has 3 aromatic carbocycles. The molecule has 0 saturated carbocycles. The van der Waals surface area contributed by atoms with Crippen LogP contribution in [0.4, 0.5) is 11.4 Å². The normalized spacial score (nSPS) is 13.3. The van der Waals surface area contributed by atoms with Crippen molar-refractivity contribution in [3.63, 3.8) is 0 Å². The number of benzene rings is 3. The van der Waals surface area contributed by atoms with Crippen molar-refractivity contribution in [3.05, 3.63) is 142 Å². The maximum absolute atomic E-state index is 13.7. The lowest BCUT2D eigenvalue weighted by Crippen LogP contribution is -2.36. The number of carbonyl (C=O) groups is 1. The van der Waals surface area contributed by atoms with E-state index < -0.39 is 6.04 Å². The van der Waals surface area contributed by atoms with Crippen LogP contribution in [-0.2, 0) is 11.2 Å². The van der Waals surface area contributed by atoms with Crippen LogP contribution in [0.15, 0.2) is 126 Å². The molecule has 1 amide bonds. The van der Waals surface area contributed by atoms with E-state index in [0.29, 0.717) is 32.8 Å². The zero-order chi connectivity index (χ0) is 29.8. The molecule has 0 radical (unpaired) electrons. The highest BCUT2D eigenvalue weighted by molar-refractivity contribution is 6.31. The molecule has 1 atom stereocenters. The fraction of sp³-hybridized carbons (Fsp3) is 0.0625. The van der Waals surface area contributed by atoms with E-state index in [1.807, 2.05) is 66.7 Å². The van der Waals surface area contributed by atoms with Crippen molar-refractivity contribution in [2.75, 3.05) is 10.3 Å². The number of halogens is 2.